The Kier molecular flexibility index (Phi) is 2.11. The minimum absolute atomic E-state index is 0.158. The van der Waals surface area contributed by atoms with Gasteiger partial charge in [-0.05, 0) is 43.4 Å². The van der Waals surface area contributed by atoms with Gasteiger partial charge in [-0.15, -0.1) is 0 Å². The fourth-order valence-electron chi connectivity index (χ4n) is 5.20. The molecule has 0 saturated heterocycles. The molecule has 2 unspecified atom stereocenters. The largest absolute Gasteiger partial charge is 0.461 e. The Morgan fingerprint density at radius 2 is 1.47 bits per heavy atom. The average molecular weight is 238 g/mol. The molecule has 4 aliphatic carbocycles. The molecule has 0 amide bonds. The normalized spacial score (nSPS) is 51.0. The molecular formula is C13H18O4. The number of rotatable bonds is 4. The topological polar surface area (TPSA) is 52.6 Å². The zero-order valence-corrected chi connectivity index (χ0v) is 10.1. The van der Waals surface area contributed by atoms with E-state index in [0.29, 0.717) is 25.3 Å². The summed E-state index contributed by atoms with van der Waals surface area (Å²) in [5, 5.41) is 0. The highest BCUT2D eigenvalue weighted by Crippen LogP contribution is 2.64. The highest BCUT2D eigenvalue weighted by Gasteiger charge is 2.64. The molecule has 94 valence electrons. The molecule has 17 heavy (non-hydrogen) atoms. The summed E-state index contributed by atoms with van der Waals surface area (Å²) in [5.74, 6) is 0.524. The van der Waals surface area contributed by atoms with E-state index in [1.165, 1.54) is 6.42 Å². The summed E-state index contributed by atoms with van der Waals surface area (Å²) >= 11 is 0. The average Bonchev–Trinajstić information content (AvgIpc) is 2.12. The van der Waals surface area contributed by atoms with Crippen molar-refractivity contribution < 1.29 is 19.1 Å². The minimum atomic E-state index is -0.376. The van der Waals surface area contributed by atoms with Crippen LogP contribution in [-0.4, -0.2) is 24.1 Å². The summed E-state index contributed by atoms with van der Waals surface area (Å²) in [7, 11) is 0. The summed E-state index contributed by atoms with van der Waals surface area (Å²) in [6.45, 7) is 3.35. The fraction of sp³-hybridized carbons (Fsp3) is 0.846. The minimum Gasteiger partial charge on any atom is -0.461 e. The second kappa shape index (κ2) is 3.24. The van der Waals surface area contributed by atoms with Crippen molar-refractivity contribution in [2.45, 2.75) is 56.7 Å². The summed E-state index contributed by atoms with van der Waals surface area (Å²) in [6, 6.07) is 0. The second-order valence-electron chi connectivity index (χ2n) is 6.61. The Balaban J connectivity index is 1.96. The van der Waals surface area contributed by atoms with Gasteiger partial charge in [0, 0.05) is 6.42 Å². The first-order chi connectivity index (χ1) is 8.03. The predicted molar refractivity (Wildman–Crippen MR) is 59.1 cm³/mol. The predicted octanol–water partition coefficient (Wildman–Crippen LogP) is 1.81. The lowest BCUT2D eigenvalue weighted by Gasteiger charge is -2.63. The van der Waals surface area contributed by atoms with Crippen LogP contribution in [-0.2, 0) is 19.1 Å². The number of carbonyl (C=O) groups excluding carboxylic acids is 2. The molecule has 0 aromatic heterocycles. The number of carbonyl (C=O) groups is 2. The van der Waals surface area contributed by atoms with Crippen molar-refractivity contribution in [1.82, 2.24) is 0 Å². The van der Waals surface area contributed by atoms with E-state index < -0.39 is 0 Å². The van der Waals surface area contributed by atoms with E-state index in [4.69, 9.17) is 9.47 Å². The highest BCUT2D eigenvalue weighted by atomic mass is 16.6. The SMILES string of the molecule is CC12CC3CC(OC=O)(C1)CC(OC=O)(C3)C2. The molecule has 0 aromatic carbocycles. The van der Waals surface area contributed by atoms with Crippen LogP contribution in [0.2, 0.25) is 0 Å². The van der Waals surface area contributed by atoms with Crippen LogP contribution in [0, 0.1) is 11.3 Å². The molecule has 4 saturated carbocycles. The van der Waals surface area contributed by atoms with Crippen LogP contribution >= 0.6 is 0 Å². The molecule has 2 atom stereocenters. The molecule has 4 rings (SSSR count). The Labute approximate surface area is 101 Å². The van der Waals surface area contributed by atoms with Crippen molar-refractivity contribution >= 4 is 12.9 Å². The lowest BCUT2D eigenvalue weighted by molar-refractivity contribution is -0.238. The molecule has 4 bridgehead atoms. The van der Waals surface area contributed by atoms with Gasteiger partial charge in [-0.2, -0.15) is 0 Å². The monoisotopic (exact) mass is 238 g/mol. The lowest BCUT2D eigenvalue weighted by atomic mass is 9.47. The van der Waals surface area contributed by atoms with E-state index in [9.17, 15) is 9.59 Å². The molecule has 4 aliphatic rings. The van der Waals surface area contributed by atoms with Crippen molar-refractivity contribution in [2.75, 3.05) is 0 Å². The molecule has 4 heteroatoms. The van der Waals surface area contributed by atoms with Crippen molar-refractivity contribution in [1.29, 1.82) is 0 Å². The van der Waals surface area contributed by atoms with Gasteiger partial charge in [-0.25, -0.2) is 0 Å². The zero-order chi connectivity index (χ0) is 12.1. The van der Waals surface area contributed by atoms with Gasteiger partial charge in [0.15, 0.2) is 0 Å². The molecule has 0 heterocycles. The van der Waals surface area contributed by atoms with E-state index in [-0.39, 0.29) is 16.6 Å². The van der Waals surface area contributed by atoms with E-state index in [2.05, 4.69) is 6.92 Å². The molecule has 0 radical (unpaired) electrons. The molecule has 0 aliphatic heterocycles. The van der Waals surface area contributed by atoms with Gasteiger partial charge >= 0.3 is 0 Å². The summed E-state index contributed by atoms with van der Waals surface area (Å²) in [5.41, 5.74) is -0.594. The first kappa shape index (κ1) is 11.1. The van der Waals surface area contributed by atoms with Gasteiger partial charge in [-0.1, -0.05) is 6.92 Å². The van der Waals surface area contributed by atoms with Gasteiger partial charge < -0.3 is 9.47 Å². The van der Waals surface area contributed by atoms with Crippen molar-refractivity contribution in [2.24, 2.45) is 11.3 Å². The Morgan fingerprint density at radius 1 is 0.941 bits per heavy atom. The third kappa shape index (κ3) is 1.57. The summed E-state index contributed by atoms with van der Waals surface area (Å²) in [4.78, 5) is 21.4. The van der Waals surface area contributed by atoms with Gasteiger partial charge in [0.1, 0.15) is 11.2 Å². The van der Waals surface area contributed by atoms with Crippen LogP contribution in [0.25, 0.3) is 0 Å². The van der Waals surface area contributed by atoms with E-state index >= 15 is 0 Å². The van der Waals surface area contributed by atoms with Gasteiger partial charge in [-0.3, -0.25) is 9.59 Å². The Bertz CT molecular complexity index is 338. The number of hydrogen-bond donors (Lipinski definition) is 0. The Hall–Kier alpha value is -1.06. The lowest BCUT2D eigenvalue weighted by Crippen LogP contribution is -2.63. The summed E-state index contributed by atoms with van der Waals surface area (Å²) in [6.07, 6.45) is 5.56. The third-order valence-corrected chi connectivity index (χ3v) is 4.84. The van der Waals surface area contributed by atoms with E-state index in [1.807, 2.05) is 0 Å². The van der Waals surface area contributed by atoms with Crippen molar-refractivity contribution in [3.05, 3.63) is 0 Å². The van der Waals surface area contributed by atoms with Crippen LogP contribution in [0.3, 0.4) is 0 Å². The quantitative estimate of drug-likeness (QED) is 0.701. The van der Waals surface area contributed by atoms with Crippen LogP contribution in [0.5, 0.6) is 0 Å². The number of ether oxygens (including phenoxy) is 2. The van der Waals surface area contributed by atoms with Crippen LogP contribution in [0.1, 0.15) is 45.4 Å². The van der Waals surface area contributed by atoms with Gasteiger partial charge in [0.2, 0.25) is 0 Å². The van der Waals surface area contributed by atoms with Gasteiger partial charge in [0.25, 0.3) is 12.9 Å². The van der Waals surface area contributed by atoms with E-state index in [1.54, 1.807) is 0 Å². The van der Waals surface area contributed by atoms with Crippen LogP contribution in [0.4, 0.5) is 0 Å². The van der Waals surface area contributed by atoms with Gasteiger partial charge in [0.05, 0.1) is 0 Å². The molecule has 4 fully saturated rings. The number of hydrogen-bond acceptors (Lipinski definition) is 4. The molecule has 0 aromatic rings. The second-order valence-corrected chi connectivity index (χ2v) is 6.61. The maximum Gasteiger partial charge on any atom is 0.293 e. The van der Waals surface area contributed by atoms with Crippen LogP contribution < -0.4 is 0 Å². The smallest absolute Gasteiger partial charge is 0.293 e. The molecule has 4 nitrogen and oxygen atoms in total. The standard InChI is InChI=1S/C13H18O4/c1-11-2-10-3-12(5-11,16-8-14)7-13(4-10,6-11)17-9-15/h8-10H,2-7H2,1H3. The zero-order valence-electron chi connectivity index (χ0n) is 10.1. The maximum atomic E-state index is 10.7. The van der Waals surface area contributed by atoms with Crippen LogP contribution in [0.15, 0.2) is 0 Å². The highest BCUT2D eigenvalue weighted by molar-refractivity contribution is 5.41. The fourth-order valence-corrected chi connectivity index (χ4v) is 5.20. The Morgan fingerprint density at radius 3 is 1.88 bits per heavy atom. The first-order valence-corrected chi connectivity index (χ1v) is 6.26. The van der Waals surface area contributed by atoms with Crippen molar-refractivity contribution in [3.63, 3.8) is 0 Å². The van der Waals surface area contributed by atoms with Crippen molar-refractivity contribution in [3.8, 4) is 0 Å². The third-order valence-electron chi connectivity index (χ3n) is 4.84. The first-order valence-electron chi connectivity index (χ1n) is 6.26. The maximum absolute atomic E-state index is 10.7. The molecule has 0 N–H and O–H groups in total. The molecule has 0 spiro atoms. The van der Waals surface area contributed by atoms with E-state index in [0.717, 1.165) is 25.7 Å². The molecular weight excluding hydrogens is 220 g/mol. The summed E-state index contributed by atoms with van der Waals surface area (Å²) < 4.78 is 10.8.